The van der Waals surface area contributed by atoms with Crippen molar-refractivity contribution in [2.24, 2.45) is 0 Å². The molecule has 0 aliphatic carbocycles. The molecule has 2 amide bonds. The second-order valence-electron chi connectivity index (χ2n) is 5.08. The van der Waals surface area contributed by atoms with E-state index in [1.54, 1.807) is 16.9 Å². The molecule has 8 heteroatoms. The third-order valence-corrected chi connectivity index (χ3v) is 3.85. The number of ether oxygens (including phenoxy) is 2. The van der Waals surface area contributed by atoms with Gasteiger partial charge in [-0.15, -0.1) is 0 Å². The first-order valence-corrected chi connectivity index (χ1v) is 6.80. The minimum atomic E-state index is -0.232. The van der Waals surface area contributed by atoms with Gasteiger partial charge in [0, 0.05) is 32.8 Å². The van der Waals surface area contributed by atoms with E-state index in [0.717, 1.165) is 0 Å². The predicted octanol–water partition coefficient (Wildman–Crippen LogP) is -0.627. The number of methoxy groups -OCH3 is 1. The normalized spacial score (nSPS) is 25.3. The van der Waals surface area contributed by atoms with Crippen molar-refractivity contribution in [3.05, 3.63) is 18.0 Å². The lowest BCUT2D eigenvalue weighted by molar-refractivity contribution is -0.153. The van der Waals surface area contributed by atoms with Crippen LogP contribution in [0.25, 0.3) is 0 Å². The number of nitrogens with zero attached hydrogens (tertiary/aromatic N) is 3. The van der Waals surface area contributed by atoms with E-state index in [4.69, 9.17) is 14.0 Å². The van der Waals surface area contributed by atoms with Crippen molar-refractivity contribution in [1.82, 2.24) is 15.0 Å². The fourth-order valence-electron chi connectivity index (χ4n) is 2.79. The van der Waals surface area contributed by atoms with Gasteiger partial charge >= 0.3 is 0 Å². The van der Waals surface area contributed by atoms with Crippen LogP contribution in [0.3, 0.4) is 0 Å². The molecule has 8 nitrogen and oxygen atoms in total. The van der Waals surface area contributed by atoms with Gasteiger partial charge in [0.15, 0.2) is 0 Å². The van der Waals surface area contributed by atoms with Crippen LogP contribution < -0.4 is 0 Å². The molecule has 1 aromatic heterocycles. The Hall–Kier alpha value is -1.93. The molecule has 0 saturated carbocycles. The summed E-state index contributed by atoms with van der Waals surface area (Å²) >= 11 is 0. The lowest BCUT2D eigenvalue weighted by Gasteiger charge is -2.36. The van der Waals surface area contributed by atoms with Crippen molar-refractivity contribution in [2.45, 2.75) is 12.1 Å². The highest BCUT2D eigenvalue weighted by Gasteiger charge is 2.44. The third-order valence-electron chi connectivity index (χ3n) is 3.85. The Morgan fingerprint density at radius 1 is 1.52 bits per heavy atom. The lowest BCUT2D eigenvalue weighted by atomic mass is 10.1. The smallest absolute Gasteiger partial charge is 0.292 e. The van der Waals surface area contributed by atoms with Crippen LogP contribution in [0.15, 0.2) is 16.8 Å². The van der Waals surface area contributed by atoms with E-state index in [2.05, 4.69) is 5.16 Å². The van der Waals surface area contributed by atoms with Crippen LogP contribution in [0.4, 0.5) is 0 Å². The molecule has 0 bridgehead atoms. The molecule has 2 fully saturated rings. The number of hydrogen-bond acceptors (Lipinski definition) is 6. The SMILES string of the molecule is COCCN1C(=O)CO[C@H]2CN(C(=O)c3ccno3)C[C@H]21. The zero-order valence-corrected chi connectivity index (χ0v) is 11.7. The first kappa shape index (κ1) is 14.0. The molecule has 1 aromatic rings. The average molecular weight is 295 g/mol. The Balaban J connectivity index is 1.71. The fourth-order valence-corrected chi connectivity index (χ4v) is 2.79. The minimum Gasteiger partial charge on any atom is -0.383 e. The van der Waals surface area contributed by atoms with E-state index in [-0.39, 0.29) is 36.3 Å². The zero-order chi connectivity index (χ0) is 14.8. The molecule has 2 saturated heterocycles. The van der Waals surface area contributed by atoms with E-state index >= 15 is 0 Å². The molecule has 0 N–H and O–H groups in total. The topological polar surface area (TPSA) is 85.1 Å². The molecule has 3 heterocycles. The van der Waals surface area contributed by atoms with Crippen molar-refractivity contribution in [3.63, 3.8) is 0 Å². The van der Waals surface area contributed by atoms with Crippen LogP contribution in [0.2, 0.25) is 0 Å². The van der Waals surface area contributed by atoms with Crippen molar-refractivity contribution < 1.29 is 23.6 Å². The number of likely N-dealkylation sites (tertiary alicyclic amines) is 1. The van der Waals surface area contributed by atoms with Crippen molar-refractivity contribution in [1.29, 1.82) is 0 Å². The number of fused-ring (bicyclic) bond motifs is 1. The molecule has 0 unspecified atom stereocenters. The van der Waals surface area contributed by atoms with Crippen molar-refractivity contribution in [3.8, 4) is 0 Å². The largest absolute Gasteiger partial charge is 0.383 e. The van der Waals surface area contributed by atoms with Gasteiger partial charge in [-0.2, -0.15) is 0 Å². The Morgan fingerprint density at radius 2 is 2.38 bits per heavy atom. The second kappa shape index (κ2) is 5.82. The standard InChI is InChI=1S/C13H17N3O5/c1-19-5-4-16-9-6-15(7-11(9)20-8-12(16)17)13(18)10-2-3-14-21-10/h2-3,9,11H,4-8H2,1H3/t9-,11+/m1/s1. The summed E-state index contributed by atoms with van der Waals surface area (Å²) in [6.07, 6.45) is 1.27. The summed E-state index contributed by atoms with van der Waals surface area (Å²) in [5.74, 6) is -0.102. The molecule has 0 aromatic carbocycles. The van der Waals surface area contributed by atoms with Gasteiger partial charge in [-0.05, 0) is 0 Å². The van der Waals surface area contributed by atoms with E-state index in [1.165, 1.54) is 12.3 Å². The maximum absolute atomic E-state index is 12.3. The molecular weight excluding hydrogens is 278 g/mol. The number of amides is 2. The summed E-state index contributed by atoms with van der Waals surface area (Å²) in [6, 6.07) is 1.40. The minimum absolute atomic E-state index is 0.0508. The number of aromatic nitrogens is 1. The van der Waals surface area contributed by atoms with Gasteiger partial charge in [-0.3, -0.25) is 9.59 Å². The fraction of sp³-hybridized carbons (Fsp3) is 0.615. The first-order chi connectivity index (χ1) is 10.2. The number of rotatable bonds is 4. The number of carbonyl (C=O) groups excluding carboxylic acids is 2. The Morgan fingerprint density at radius 3 is 3.10 bits per heavy atom. The van der Waals surface area contributed by atoms with Crippen molar-refractivity contribution in [2.75, 3.05) is 40.0 Å². The number of morpholine rings is 1. The zero-order valence-electron chi connectivity index (χ0n) is 11.7. The van der Waals surface area contributed by atoms with Gasteiger partial charge in [0.05, 0.1) is 24.9 Å². The lowest BCUT2D eigenvalue weighted by Crippen LogP contribution is -2.54. The Labute approximate surface area is 121 Å². The maximum Gasteiger partial charge on any atom is 0.292 e. The average Bonchev–Trinajstić information content (AvgIpc) is 3.14. The van der Waals surface area contributed by atoms with Gasteiger partial charge in [0.2, 0.25) is 11.7 Å². The van der Waals surface area contributed by atoms with Crippen LogP contribution in [0.5, 0.6) is 0 Å². The molecule has 2 aliphatic rings. The predicted molar refractivity (Wildman–Crippen MR) is 69.5 cm³/mol. The summed E-state index contributed by atoms with van der Waals surface area (Å²) in [6.45, 7) is 1.89. The van der Waals surface area contributed by atoms with Crippen LogP contribution in [-0.2, 0) is 14.3 Å². The van der Waals surface area contributed by atoms with Crippen LogP contribution in [-0.4, -0.2) is 78.9 Å². The van der Waals surface area contributed by atoms with Crippen molar-refractivity contribution >= 4 is 11.8 Å². The molecular formula is C13H17N3O5. The number of hydrogen-bond donors (Lipinski definition) is 0. The molecule has 21 heavy (non-hydrogen) atoms. The highest BCUT2D eigenvalue weighted by Crippen LogP contribution is 2.24. The van der Waals surface area contributed by atoms with Gasteiger partial charge in [-0.25, -0.2) is 0 Å². The monoisotopic (exact) mass is 295 g/mol. The summed E-state index contributed by atoms with van der Waals surface area (Å²) in [5.41, 5.74) is 0. The highest BCUT2D eigenvalue weighted by atomic mass is 16.5. The quantitative estimate of drug-likeness (QED) is 0.735. The number of carbonyl (C=O) groups is 2. The molecule has 3 rings (SSSR count). The molecule has 0 spiro atoms. The van der Waals surface area contributed by atoms with E-state index in [1.807, 2.05) is 0 Å². The van der Waals surface area contributed by atoms with Gasteiger partial charge in [0.1, 0.15) is 6.61 Å². The third kappa shape index (κ3) is 2.64. The summed E-state index contributed by atoms with van der Waals surface area (Å²) in [4.78, 5) is 27.6. The van der Waals surface area contributed by atoms with Gasteiger partial charge < -0.3 is 23.8 Å². The Kier molecular flexibility index (Phi) is 3.89. The van der Waals surface area contributed by atoms with Gasteiger partial charge in [-0.1, -0.05) is 5.16 Å². The van der Waals surface area contributed by atoms with Crippen LogP contribution in [0, 0.1) is 0 Å². The van der Waals surface area contributed by atoms with Gasteiger partial charge in [0.25, 0.3) is 5.91 Å². The summed E-state index contributed by atoms with van der Waals surface area (Å²) in [7, 11) is 1.59. The molecule has 114 valence electrons. The second-order valence-corrected chi connectivity index (χ2v) is 5.08. The summed E-state index contributed by atoms with van der Waals surface area (Å²) < 4.78 is 15.5. The van der Waals surface area contributed by atoms with E-state index in [0.29, 0.717) is 26.2 Å². The van der Waals surface area contributed by atoms with Crippen LogP contribution >= 0.6 is 0 Å². The first-order valence-electron chi connectivity index (χ1n) is 6.80. The summed E-state index contributed by atoms with van der Waals surface area (Å²) in [5, 5.41) is 3.54. The van der Waals surface area contributed by atoms with E-state index < -0.39 is 0 Å². The highest BCUT2D eigenvalue weighted by molar-refractivity contribution is 5.91. The molecule has 2 aliphatic heterocycles. The maximum atomic E-state index is 12.3. The molecule has 2 atom stereocenters. The Bertz CT molecular complexity index is 518. The van der Waals surface area contributed by atoms with Crippen LogP contribution in [0.1, 0.15) is 10.6 Å². The van der Waals surface area contributed by atoms with E-state index in [9.17, 15) is 9.59 Å². The molecule has 0 radical (unpaired) electrons.